The summed E-state index contributed by atoms with van der Waals surface area (Å²) in [5, 5.41) is 13.8. The van der Waals surface area contributed by atoms with Crippen molar-refractivity contribution in [3.63, 3.8) is 0 Å². The molecule has 0 saturated heterocycles. The highest BCUT2D eigenvalue weighted by atomic mass is 79.9. The summed E-state index contributed by atoms with van der Waals surface area (Å²) in [4.78, 5) is 12.4. The number of carbonyl (C=O) groups excluding carboxylic acids is 1. The molecule has 4 aromatic rings. The molecule has 0 unspecified atom stereocenters. The fourth-order valence-electron chi connectivity index (χ4n) is 3.33. The van der Waals surface area contributed by atoms with E-state index in [-0.39, 0.29) is 11.7 Å². The second-order valence-corrected chi connectivity index (χ2v) is 7.93. The summed E-state index contributed by atoms with van der Waals surface area (Å²) in [6.45, 7) is 2.05. The summed E-state index contributed by atoms with van der Waals surface area (Å²) in [7, 11) is 0. The number of hydrogen-bond donors (Lipinski definition) is 2. The van der Waals surface area contributed by atoms with E-state index >= 15 is 0 Å². The van der Waals surface area contributed by atoms with Gasteiger partial charge in [-0.2, -0.15) is 5.10 Å². The predicted octanol–water partition coefficient (Wildman–Crippen LogP) is 5.68. The molecule has 0 atom stereocenters. The van der Waals surface area contributed by atoms with Gasteiger partial charge in [0.15, 0.2) is 0 Å². The number of aromatic nitrogens is 1. The molecule has 0 saturated carbocycles. The van der Waals surface area contributed by atoms with Crippen molar-refractivity contribution in [1.82, 2.24) is 9.99 Å². The van der Waals surface area contributed by atoms with E-state index in [0.29, 0.717) is 11.1 Å². The molecule has 0 radical (unpaired) electrons. The number of benzene rings is 3. The molecule has 1 aromatic heterocycles. The molecule has 5 nitrogen and oxygen atoms in total. The maximum atomic E-state index is 12.4. The van der Waals surface area contributed by atoms with Gasteiger partial charge in [0.25, 0.3) is 5.91 Å². The third-order valence-electron chi connectivity index (χ3n) is 4.89. The summed E-state index contributed by atoms with van der Waals surface area (Å²) in [6.07, 6.45) is 1.40. The molecule has 2 N–H and O–H groups in total. The first kappa shape index (κ1) is 20.6. The van der Waals surface area contributed by atoms with Gasteiger partial charge in [-0.15, -0.1) is 0 Å². The third kappa shape index (κ3) is 4.59. The Labute approximate surface area is 188 Å². The standard InChI is InChI=1S/C25H20BrN3O2/c1-17-7-13-23(18-5-3-2-4-6-18)29(17)22-11-8-19(9-12-22)25(31)28-27-16-20-15-21(26)10-14-24(20)30/h2-16,30H,1H3,(H,28,31)/b27-16+. The Morgan fingerprint density at radius 1 is 1.00 bits per heavy atom. The number of phenols is 1. The summed E-state index contributed by atoms with van der Waals surface area (Å²) in [5.41, 5.74) is 7.78. The molecule has 31 heavy (non-hydrogen) atoms. The molecule has 6 heteroatoms. The molecule has 0 fully saturated rings. The minimum atomic E-state index is -0.329. The van der Waals surface area contributed by atoms with Crippen LogP contribution in [0.5, 0.6) is 5.75 Å². The number of hydrazone groups is 1. The molecule has 4 rings (SSSR count). The smallest absolute Gasteiger partial charge is 0.271 e. The lowest BCUT2D eigenvalue weighted by Crippen LogP contribution is -2.17. The van der Waals surface area contributed by atoms with E-state index in [2.05, 4.69) is 62.2 Å². The van der Waals surface area contributed by atoms with Gasteiger partial charge in [-0.05, 0) is 67.1 Å². The Kier molecular flexibility index (Phi) is 6.00. The quantitative estimate of drug-likeness (QED) is 0.289. The van der Waals surface area contributed by atoms with Crippen molar-refractivity contribution < 1.29 is 9.90 Å². The van der Waals surface area contributed by atoms with Gasteiger partial charge in [0, 0.05) is 27.0 Å². The van der Waals surface area contributed by atoms with Crippen LogP contribution < -0.4 is 5.43 Å². The van der Waals surface area contributed by atoms with Crippen molar-refractivity contribution in [2.24, 2.45) is 5.10 Å². The monoisotopic (exact) mass is 473 g/mol. The summed E-state index contributed by atoms with van der Waals surface area (Å²) >= 11 is 3.34. The maximum Gasteiger partial charge on any atom is 0.271 e. The van der Waals surface area contributed by atoms with E-state index in [4.69, 9.17) is 0 Å². The van der Waals surface area contributed by atoms with Crippen molar-refractivity contribution in [3.8, 4) is 22.7 Å². The van der Waals surface area contributed by atoms with Crippen LogP contribution in [0.15, 0.2) is 94.5 Å². The van der Waals surface area contributed by atoms with E-state index in [1.807, 2.05) is 30.3 Å². The van der Waals surface area contributed by atoms with Gasteiger partial charge in [-0.1, -0.05) is 46.3 Å². The summed E-state index contributed by atoms with van der Waals surface area (Å²) in [6, 6.07) is 26.7. The van der Waals surface area contributed by atoms with Gasteiger partial charge in [0.2, 0.25) is 0 Å². The minimum Gasteiger partial charge on any atom is -0.507 e. The molecule has 3 aromatic carbocycles. The van der Waals surface area contributed by atoms with Crippen LogP contribution in [0.2, 0.25) is 0 Å². The molecule has 1 heterocycles. The number of carbonyl (C=O) groups is 1. The molecule has 154 valence electrons. The van der Waals surface area contributed by atoms with Gasteiger partial charge >= 0.3 is 0 Å². The molecule has 0 bridgehead atoms. The highest BCUT2D eigenvalue weighted by Gasteiger charge is 2.11. The zero-order chi connectivity index (χ0) is 21.8. The number of amides is 1. The Morgan fingerprint density at radius 2 is 1.74 bits per heavy atom. The molecule has 0 aliphatic rings. The molecule has 0 aliphatic carbocycles. The Morgan fingerprint density at radius 3 is 2.48 bits per heavy atom. The molecule has 1 amide bonds. The van der Waals surface area contributed by atoms with Gasteiger partial charge in [-0.25, -0.2) is 5.43 Å². The Hall–Kier alpha value is -3.64. The van der Waals surface area contributed by atoms with Crippen LogP contribution in [0.1, 0.15) is 21.6 Å². The molecular weight excluding hydrogens is 454 g/mol. The average Bonchev–Trinajstić information content (AvgIpc) is 3.18. The normalized spacial score (nSPS) is 11.0. The molecule has 0 spiro atoms. The van der Waals surface area contributed by atoms with Crippen LogP contribution in [0.4, 0.5) is 0 Å². The third-order valence-corrected chi connectivity index (χ3v) is 5.39. The van der Waals surface area contributed by atoms with Crippen LogP contribution in [0, 0.1) is 6.92 Å². The summed E-state index contributed by atoms with van der Waals surface area (Å²) < 4.78 is 2.97. The van der Waals surface area contributed by atoms with Crippen LogP contribution >= 0.6 is 15.9 Å². The number of nitrogens with one attached hydrogen (secondary N) is 1. The zero-order valence-electron chi connectivity index (χ0n) is 16.8. The van der Waals surface area contributed by atoms with Gasteiger partial charge in [0.05, 0.1) is 11.9 Å². The second kappa shape index (κ2) is 9.02. The highest BCUT2D eigenvalue weighted by Crippen LogP contribution is 2.26. The predicted molar refractivity (Wildman–Crippen MR) is 127 cm³/mol. The molecular formula is C25H20BrN3O2. The van der Waals surface area contributed by atoms with Crippen molar-refractivity contribution in [2.75, 3.05) is 0 Å². The summed E-state index contributed by atoms with van der Waals surface area (Å²) in [5.74, 6) is -0.244. The average molecular weight is 474 g/mol. The number of halogens is 1. The van der Waals surface area contributed by atoms with Gasteiger partial charge < -0.3 is 9.67 Å². The van der Waals surface area contributed by atoms with E-state index in [1.165, 1.54) is 6.21 Å². The number of rotatable bonds is 5. The van der Waals surface area contributed by atoms with E-state index < -0.39 is 0 Å². The number of aryl methyl sites for hydroxylation is 1. The topological polar surface area (TPSA) is 66.6 Å². The first-order valence-corrected chi connectivity index (χ1v) is 10.5. The second-order valence-electron chi connectivity index (χ2n) is 7.01. The lowest BCUT2D eigenvalue weighted by atomic mass is 10.1. The van der Waals surface area contributed by atoms with Crippen LogP contribution in [-0.2, 0) is 0 Å². The van der Waals surface area contributed by atoms with Crippen LogP contribution in [-0.4, -0.2) is 21.8 Å². The highest BCUT2D eigenvalue weighted by molar-refractivity contribution is 9.10. The van der Waals surface area contributed by atoms with E-state index in [1.54, 1.807) is 30.3 Å². The van der Waals surface area contributed by atoms with Crippen LogP contribution in [0.3, 0.4) is 0 Å². The number of phenolic OH excluding ortho intramolecular Hbond substituents is 1. The van der Waals surface area contributed by atoms with Gasteiger partial charge in [0.1, 0.15) is 5.75 Å². The van der Waals surface area contributed by atoms with Gasteiger partial charge in [-0.3, -0.25) is 4.79 Å². The first-order valence-electron chi connectivity index (χ1n) is 9.69. The fraction of sp³-hybridized carbons (Fsp3) is 0.0400. The molecule has 0 aliphatic heterocycles. The first-order chi connectivity index (χ1) is 15.0. The van der Waals surface area contributed by atoms with E-state index in [0.717, 1.165) is 27.1 Å². The SMILES string of the molecule is Cc1ccc(-c2ccccc2)n1-c1ccc(C(=O)N/N=C/c2cc(Br)ccc2O)cc1. The van der Waals surface area contributed by atoms with E-state index in [9.17, 15) is 9.90 Å². The minimum absolute atomic E-state index is 0.0851. The number of aromatic hydroxyl groups is 1. The fourth-order valence-corrected chi connectivity index (χ4v) is 3.71. The Bertz CT molecular complexity index is 1250. The Balaban J connectivity index is 1.51. The largest absolute Gasteiger partial charge is 0.507 e. The maximum absolute atomic E-state index is 12.4. The van der Waals surface area contributed by atoms with Crippen molar-refractivity contribution >= 4 is 28.1 Å². The zero-order valence-corrected chi connectivity index (χ0v) is 18.4. The van der Waals surface area contributed by atoms with Crippen molar-refractivity contribution in [2.45, 2.75) is 6.92 Å². The van der Waals surface area contributed by atoms with Crippen molar-refractivity contribution in [3.05, 3.63) is 106 Å². The van der Waals surface area contributed by atoms with Crippen molar-refractivity contribution in [1.29, 1.82) is 0 Å². The lowest BCUT2D eigenvalue weighted by Gasteiger charge is -2.12. The number of nitrogens with zero attached hydrogens (tertiary/aromatic N) is 2. The lowest BCUT2D eigenvalue weighted by molar-refractivity contribution is 0.0955. The van der Waals surface area contributed by atoms with Crippen LogP contribution in [0.25, 0.3) is 16.9 Å². The number of hydrogen-bond acceptors (Lipinski definition) is 3.